The van der Waals surface area contributed by atoms with Crippen LogP contribution in [0.4, 0.5) is 0 Å². The zero-order chi connectivity index (χ0) is 23.0. The second-order valence-corrected chi connectivity index (χ2v) is 9.31. The van der Waals surface area contributed by atoms with Gasteiger partial charge in [0, 0.05) is 52.2 Å². The van der Waals surface area contributed by atoms with Crippen LogP contribution in [0.15, 0.2) is 60.5 Å². The number of aromatic amines is 1. The summed E-state index contributed by atoms with van der Waals surface area (Å²) in [6, 6.07) is 8.81. The van der Waals surface area contributed by atoms with E-state index < -0.39 is 0 Å². The first-order valence-corrected chi connectivity index (χ1v) is 12.5. The molecule has 6 nitrogen and oxygen atoms in total. The van der Waals surface area contributed by atoms with Crippen LogP contribution in [-0.2, 0) is 16.1 Å². The lowest BCUT2D eigenvalue weighted by Crippen LogP contribution is -2.28. The van der Waals surface area contributed by atoms with Crippen LogP contribution in [0.3, 0.4) is 0 Å². The molecule has 1 unspecified atom stereocenters. The first kappa shape index (κ1) is 23.4. The van der Waals surface area contributed by atoms with E-state index in [9.17, 15) is 4.79 Å². The maximum absolute atomic E-state index is 12.4. The number of nitrogens with one attached hydrogen (secondary N) is 2. The first-order chi connectivity index (χ1) is 16.2. The molecule has 1 aliphatic carbocycles. The molecule has 7 heteroatoms. The Bertz CT molecular complexity index is 1130. The molecule has 0 spiro atoms. The quantitative estimate of drug-likeness (QED) is 0.417. The molecule has 33 heavy (non-hydrogen) atoms. The van der Waals surface area contributed by atoms with E-state index in [-0.39, 0.29) is 5.97 Å². The number of hydrogen-bond acceptors (Lipinski definition) is 6. The number of rotatable bonds is 10. The highest BCUT2D eigenvalue weighted by Gasteiger charge is 2.15. The van der Waals surface area contributed by atoms with Crippen LogP contribution in [0.5, 0.6) is 0 Å². The number of carbonyl (C=O) groups excluding carboxylic acids is 1. The zero-order valence-corrected chi connectivity index (χ0v) is 20.2. The molecule has 2 N–H and O–H groups in total. The summed E-state index contributed by atoms with van der Waals surface area (Å²) in [5.41, 5.74) is 2.78. The van der Waals surface area contributed by atoms with E-state index in [1.54, 1.807) is 11.3 Å². The van der Waals surface area contributed by atoms with Crippen LogP contribution in [0.1, 0.15) is 31.6 Å². The number of fused-ring (bicyclic) bond motifs is 1. The van der Waals surface area contributed by atoms with Gasteiger partial charge in [0.25, 0.3) is 0 Å². The first-order valence-electron chi connectivity index (χ1n) is 11.7. The fraction of sp³-hybridized carbons (Fsp3) is 0.385. The molecular formula is C26H32N4O2S. The van der Waals surface area contributed by atoms with Crippen LogP contribution in [0, 0.1) is 0 Å². The molecule has 0 fully saturated rings. The minimum Gasteiger partial charge on any atom is -0.461 e. The van der Waals surface area contributed by atoms with Crippen LogP contribution in [0.25, 0.3) is 21.5 Å². The Labute approximate surface area is 199 Å². The Morgan fingerprint density at radius 1 is 1.24 bits per heavy atom. The standard InChI is InChI=1S/C26H32N4O2S/c1-3-30(4-2)16-17-32-26(31)19-6-5-7-20(9-8-19)29-18-21-10-11-24(33-21)22-12-14-27-25-23(22)13-15-28-25/h5-6,8,10-15,20,29H,3-4,7,9,16-18H2,1-2H3,(H,27,28). The molecule has 0 bridgehead atoms. The number of H-pyrrole nitrogens is 1. The van der Waals surface area contributed by atoms with Gasteiger partial charge in [0.2, 0.25) is 0 Å². The van der Waals surface area contributed by atoms with Crippen molar-refractivity contribution in [2.45, 2.75) is 39.3 Å². The molecule has 0 amide bonds. The lowest BCUT2D eigenvalue weighted by molar-refractivity contribution is -0.139. The van der Waals surface area contributed by atoms with Crippen LogP contribution in [-0.4, -0.2) is 53.1 Å². The predicted octanol–water partition coefficient (Wildman–Crippen LogP) is 4.91. The van der Waals surface area contributed by atoms with Gasteiger partial charge in [0.05, 0.1) is 5.57 Å². The van der Waals surface area contributed by atoms with Crippen molar-refractivity contribution in [3.63, 3.8) is 0 Å². The van der Waals surface area contributed by atoms with Gasteiger partial charge in [-0.1, -0.05) is 32.1 Å². The summed E-state index contributed by atoms with van der Waals surface area (Å²) in [5.74, 6) is -0.227. The molecule has 3 aromatic rings. The van der Waals surface area contributed by atoms with E-state index >= 15 is 0 Å². The van der Waals surface area contributed by atoms with Crippen LogP contribution < -0.4 is 5.32 Å². The second kappa shape index (κ2) is 11.4. The number of ether oxygens (including phenoxy) is 1. The van der Waals surface area contributed by atoms with E-state index in [0.717, 1.165) is 50.1 Å². The fourth-order valence-electron chi connectivity index (χ4n) is 4.04. The van der Waals surface area contributed by atoms with Gasteiger partial charge in [0.15, 0.2) is 0 Å². The molecule has 0 radical (unpaired) electrons. The summed E-state index contributed by atoms with van der Waals surface area (Å²) in [5, 5.41) is 4.79. The molecule has 0 aliphatic heterocycles. The number of esters is 1. The Hall–Kier alpha value is -2.74. The fourth-order valence-corrected chi connectivity index (χ4v) is 5.04. The molecule has 0 saturated heterocycles. The predicted molar refractivity (Wildman–Crippen MR) is 135 cm³/mol. The SMILES string of the molecule is CCN(CC)CCOC(=O)C1=CCC(NCc2ccc(-c3ccnc4[nH]ccc34)s2)CC=C1. The van der Waals surface area contributed by atoms with E-state index in [4.69, 9.17) is 4.74 Å². The Balaban J connectivity index is 1.29. The summed E-state index contributed by atoms with van der Waals surface area (Å²) < 4.78 is 5.48. The summed E-state index contributed by atoms with van der Waals surface area (Å²) in [7, 11) is 0. The summed E-state index contributed by atoms with van der Waals surface area (Å²) in [6.45, 7) is 8.18. The zero-order valence-electron chi connectivity index (χ0n) is 19.3. The largest absolute Gasteiger partial charge is 0.461 e. The maximum atomic E-state index is 12.4. The molecular weight excluding hydrogens is 432 g/mol. The third-order valence-electron chi connectivity index (χ3n) is 6.06. The van der Waals surface area contributed by atoms with Crippen LogP contribution in [0.2, 0.25) is 0 Å². The van der Waals surface area contributed by atoms with Gasteiger partial charge in [-0.2, -0.15) is 0 Å². The Morgan fingerprint density at radius 2 is 2.12 bits per heavy atom. The third kappa shape index (κ3) is 5.99. The monoisotopic (exact) mass is 464 g/mol. The van der Waals surface area contributed by atoms with Crippen LogP contribution >= 0.6 is 11.3 Å². The summed E-state index contributed by atoms with van der Waals surface area (Å²) in [4.78, 5) is 24.8. The lowest BCUT2D eigenvalue weighted by atomic mass is 10.1. The van der Waals surface area contributed by atoms with Gasteiger partial charge in [-0.3, -0.25) is 0 Å². The Morgan fingerprint density at radius 3 is 2.97 bits per heavy atom. The Kier molecular flexibility index (Phi) is 8.10. The van der Waals surface area contributed by atoms with Crippen molar-refractivity contribution < 1.29 is 9.53 Å². The molecule has 3 aromatic heterocycles. The van der Waals surface area contributed by atoms with Crippen molar-refractivity contribution in [2.24, 2.45) is 0 Å². The highest BCUT2D eigenvalue weighted by molar-refractivity contribution is 7.15. The van der Waals surface area contributed by atoms with E-state index in [1.807, 2.05) is 24.5 Å². The molecule has 0 aromatic carbocycles. The normalized spacial score (nSPS) is 16.2. The van der Waals surface area contributed by atoms with Gasteiger partial charge in [-0.15, -0.1) is 11.3 Å². The van der Waals surface area contributed by atoms with Crippen molar-refractivity contribution in [3.05, 3.63) is 65.3 Å². The van der Waals surface area contributed by atoms with Gasteiger partial charge in [-0.05, 0) is 50.2 Å². The number of pyridine rings is 1. The average molecular weight is 465 g/mol. The molecule has 174 valence electrons. The number of thiophene rings is 1. The third-order valence-corrected chi connectivity index (χ3v) is 7.18. The van der Waals surface area contributed by atoms with E-state index in [0.29, 0.717) is 18.2 Å². The van der Waals surface area contributed by atoms with Crippen molar-refractivity contribution in [2.75, 3.05) is 26.2 Å². The van der Waals surface area contributed by atoms with Crippen molar-refractivity contribution >= 4 is 28.3 Å². The number of hydrogen-bond donors (Lipinski definition) is 2. The number of carbonyl (C=O) groups is 1. The van der Waals surface area contributed by atoms with E-state index in [1.165, 1.54) is 15.3 Å². The second-order valence-electron chi connectivity index (χ2n) is 8.14. The maximum Gasteiger partial charge on any atom is 0.337 e. The van der Waals surface area contributed by atoms with Gasteiger partial charge < -0.3 is 19.9 Å². The molecule has 1 aliphatic rings. The number of likely N-dealkylation sites (N-methyl/N-ethyl adjacent to an activating group) is 1. The highest BCUT2D eigenvalue weighted by Crippen LogP contribution is 2.32. The molecule has 1 atom stereocenters. The minimum atomic E-state index is -0.227. The average Bonchev–Trinajstić information content (AvgIpc) is 3.45. The van der Waals surface area contributed by atoms with Gasteiger partial charge >= 0.3 is 5.97 Å². The van der Waals surface area contributed by atoms with Gasteiger partial charge in [-0.25, -0.2) is 9.78 Å². The number of aromatic nitrogens is 2. The summed E-state index contributed by atoms with van der Waals surface area (Å²) >= 11 is 1.80. The smallest absolute Gasteiger partial charge is 0.337 e. The molecule has 3 heterocycles. The van der Waals surface area contributed by atoms with E-state index in [2.05, 4.69) is 64.4 Å². The molecule has 4 rings (SSSR count). The minimum absolute atomic E-state index is 0.227. The lowest BCUT2D eigenvalue weighted by Gasteiger charge is -2.17. The highest BCUT2D eigenvalue weighted by atomic mass is 32.1. The van der Waals surface area contributed by atoms with Gasteiger partial charge in [0.1, 0.15) is 12.3 Å². The van der Waals surface area contributed by atoms with Crippen molar-refractivity contribution in [1.82, 2.24) is 20.2 Å². The number of nitrogens with zero attached hydrogens (tertiary/aromatic N) is 2. The topological polar surface area (TPSA) is 70.2 Å². The van der Waals surface area contributed by atoms with Crippen molar-refractivity contribution in [1.29, 1.82) is 0 Å². The summed E-state index contributed by atoms with van der Waals surface area (Å²) in [6.07, 6.45) is 11.4. The molecule has 0 saturated carbocycles. The van der Waals surface area contributed by atoms with Crippen molar-refractivity contribution in [3.8, 4) is 10.4 Å².